The Kier molecular flexibility index (Phi) is 2.04. The molecule has 1 N–H and O–H groups in total. The Balaban J connectivity index is 2.60. The van der Waals surface area contributed by atoms with Crippen molar-refractivity contribution in [3.05, 3.63) is 0 Å². The molecule has 0 heterocycles. The van der Waals surface area contributed by atoms with Crippen molar-refractivity contribution in [2.45, 2.75) is 46.1 Å². The van der Waals surface area contributed by atoms with Gasteiger partial charge in [-0.15, -0.1) is 0 Å². The quantitative estimate of drug-likeness (QED) is 0.549. The number of rotatable bonds is 0. The molecule has 0 aliphatic heterocycles. The third-order valence-electron chi connectivity index (χ3n) is 3.13. The van der Waals surface area contributed by atoms with Crippen LogP contribution >= 0.6 is 0 Å². The largest absolute Gasteiger partial charge is 0.393 e. The van der Waals surface area contributed by atoms with Crippen LogP contribution in [0.2, 0.25) is 0 Å². The van der Waals surface area contributed by atoms with Gasteiger partial charge >= 0.3 is 0 Å². The second-order valence-corrected chi connectivity index (χ2v) is 4.24. The molecule has 1 heteroatoms. The van der Waals surface area contributed by atoms with E-state index < -0.39 is 0 Å². The first-order valence-electron chi connectivity index (χ1n) is 4.22. The van der Waals surface area contributed by atoms with Crippen LogP contribution in [0.3, 0.4) is 0 Å². The van der Waals surface area contributed by atoms with E-state index in [1.165, 1.54) is 12.8 Å². The van der Waals surface area contributed by atoms with Crippen molar-refractivity contribution in [1.29, 1.82) is 0 Å². The zero-order valence-corrected chi connectivity index (χ0v) is 7.22. The van der Waals surface area contributed by atoms with Crippen molar-refractivity contribution < 1.29 is 5.11 Å². The van der Waals surface area contributed by atoms with Gasteiger partial charge in [-0.1, -0.05) is 27.2 Å². The van der Waals surface area contributed by atoms with E-state index in [0.29, 0.717) is 11.3 Å². The van der Waals surface area contributed by atoms with Crippen LogP contribution in [0.25, 0.3) is 0 Å². The highest BCUT2D eigenvalue weighted by Crippen LogP contribution is 2.39. The molecule has 0 aromatic rings. The summed E-state index contributed by atoms with van der Waals surface area (Å²) in [5, 5.41) is 9.51. The van der Waals surface area contributed by atoms with Crippen molar-refractivity contribution in [3.63, 3.8) is 0 Å². The number of aliphatic hydroxyl groups is 1. The number of hydrogen-bond donors (Lipinski definition) is 1. The lowest BCUT2D eigenvalue weighted by Crippen LogP contribution is -2.36. The van der Waals surface area contributed by atoms with E-state index in [0.717, 1.165) is 6.42 Å². The van der Waals surface area contributed by atoms with Gasteiger partial charge in [-0.2, -0.15) is 0 Å². The minimum Gasteiger partial charge on any atom is -0.393 e. The normalized spacial score (nSPS) is 39.6. The van der Waals surface area contributed by atoms with Gasteiger partial charge in [-0.05, 0) is 24.2 Å². The van der Waals surface area contributed by atoms with Crippen LogP contribution in [0.1, 0.15) is 40.0 Å². The topological polar surface area (TPSA) is 20.2 Å². The molecule has 0 amide bonds. The Morgan fingerprint density at radius 1 is 1.40 bits per heavy atom. The van der Waals surface area contributed by atoms with Gasteiger partial charge in [-0.3, -0.25) is 0 Å². The summed E-state index contributed by atoms with van der Waals surface area (Å²) in [7, 11) is 0. The standard InChI is InChI=1S/C9H18O/c1-7-8(10)5-4-6-9(7,2)3/h7-8,10H,4-6H2,1-3H3. The molecule has 60 valence electrons. The Hall–Kier alpha value is -0.0400. The average Bonchev–Trinajstić information content (AvgIpc) is 1.83. The minimum atomic E-state index is -0.0521. The second kappa shape index (κ2) is 2.54. The van der Waals surface area contributed by atoms with Crippen LogP contribution < -0.4 is 0 Å². The SMILES string of the molecule is CC1C(O)CCCC1(C)C. The highest BCUT2D eigenvalue weighted by atomic mass is 16.3. The fourth-order valence-corrected chi connectivity index (χ4v) is 1.77. The maximum Gasteiger partial charge on any atom is 0.0570 e. The first-order valence-corrected chi connectivity index (χ1v) is 4.22. The Labute approximate surface area is 63.4 Å². The average molecular weight is 142 g/mol. The predicted molar refractivity (Wildman–Crippen MR) is 42.8 cm³/mol. The van der Waals surface area contributed by atoms with Gasteiger partial charge in [-0.25, -0.2) is 0 Å². The predicted octanol–water partition coefficient (Wildman–Crippen LogP) is 2.19. The van der Waals surface area contributed by atoms with Crippen molar-refractivity contribution in [2.75, 3.05) is 0 Å². The van der Waals surface area contributed by atoms with E-state index in [4.69, 9.17) is 0 Å². The summed E-state index contributed by atoms with van der Waals surface area (Å²) in [6, 6.07) is 0. The zero-order valence-electron chi connectivity index (χ0n) is 7.22. The van der Waals surface area contributed by atoms with Crippen LogP contribution in [-0.2, 0) is 0 Å². The summed E-state index contributed by atoms with van der Waals surface area (Å²) in [5.74, 6) is 0.473. The molecule has 1 rings (SSSR count). The molecule has 0 radical (unpaired) electrons. The molecule has 0 bridgehead atoms. The van der Waals surface area contributed by atoms with Crippen LogP contribution in [0.15, 0.2) is 0 Å². The van der Waals surface area contributed by atoms with Gasteiger partial charge in [0.05, 0.1) is 6.10 Å². The Bertz CT molecular complexity index is 118. The Morgan fingerprint density at radius 2 is 2.00 bits per heavy atom. The van der Waals surface area contributed by atoms with Gasteiger partial charge in [0, 0.05) is 0 Å². The third kappa shape index (κ3) is 1.34. The van der Waals surface area contributed by atoms with Crippen molar-refractivity contribution >= 4 is 0 Å². The lowest BCUT2D eigenvalue weighted by atomic mass is 9.68. The monoisotopic (exact) mass is 142 g/mol. The summed E-state index contributed by atoms with van der Waals surface area (Å²) >= 11 is 0. The molecule has 1 aliphatic rings. The fourth-order valence-electron chi connectivity index (χ4n) is 1.77. The van der Waals surface area contributed by atoms with Gasteiger partial charge in [0.25, 0.3) is 0 Å². The highest BCUT2D eigenvalue weighted by molar-refractivity contribution is 4.84. The molecule has 0 aromatic heterocycles. The summed E-state index contributed by atoms with van der Waals surface area (Å²) in [6.07, 6.45) is 3.41. The maximum absolute atomic E-state index is 9.51. The molecule has 0 aromatic carbocycles. The summed E-state index contributed by atoms with van der Waals surface area (Å²) in [4.78, 5) is 0. The molecule has 1 aliphatic carbocycles. The van der Waals surface area contributed by atoms with Crippen molar-refractivity contribution in [1.82, 2.24) is 0 Å². The summed E-state index contributed by atoms with van der Waals surface area (Å²) in [5.41, 5.74) is 0.359. The van der Waals surface area contributed by atoms with Crippen LogP contribution in [0.4, 0.5) is 0 Å². The number of aliphatic hydroxyl groups excluding tert-OH is 1. The van der Waals surface area contributed by atoms with E-state index in [1.807, 2.05) is 0 Å². The lowest BCUT2D eigenvalue weighted by molar-refractivity contribution is 0.00211. The fraction of sp³-hybridized carbons (Fsp3) is 1.00. The molecule has 0 spiro atoms. The molecular weight excluding hydrogens is 124 g/mol. The van der Waals surface area contributed by atoms with Crippen LogP contribution in [0.5, 0.6) is 0 Å². The minimum absolute atomic E-state index is 0.0521. The third-order valence-corrected chi connectivity index (χ3v) is 3.13. The molecule has 1 nitrogen and oxygen atoms in total. The van der Waals surface area contributed by atoms with Gasteiger partial charge < -0.3 is 5.11 Å². The molecule has 2 atom stereocenters. The van der Waals surface area contributed by atoms with Crippen molar-refractivity contribution in [2.24, 2.45) is 11.3 Å². The van der Waals surface area contributed by atoms with E-state index >= 15 is 0 Å². The van der Waals surface area contributed by atoms with Gasteiger partial charge in [0.1, 0.15) is 0 Å². The second-order valence-electron chi connectivity index (χ2n) is 4.24. The van der Waals surface area contributed by atoms with Crippen LogP contribution in [-0.4, -0.2) is 11.2 Å². The molecule has 2 unspecified atom stereocenters. The molecule has 10 heavy (non-hydrogen) atoms. The van der Waals surface area contributed by atoms with E-state index in [1.54, 1.807) is 0 Å². The summed E-state index contributed by atoms with van der Waals surface area (Å²) < 4.78 is 0. The molecule has 1 fully saturated rings. The number of hydrogen-bond acceptors (Lipinski definition) is 1. The summed E-state index contributed by atoms with van der Waals surface area (Å²) in [6.45, 7) is 6.66. The molecule has 0 saturated heterocycles. The van der Waals surface area contributed by atoms with Crippen molar-refractivity contribution in [3.8, 4) is 0 Å². The van der Waals surface area contributed by atoms with Gasteiger partial charge in [0.2, 0.25) is 0 Å². The van der Waals surface area contributed by atoms with E-state index in [9.17, 15) is 5.11 Å². The van der Waals surface area contributed by atoms with Crippen LogP contribution in [0, 0.1) is 11.3 Å². The molecular formula is C9H18O. The zero-order chi connectivity index (χ0) is 7.78. The lowest BCUT2D eigenvalue weighted by Gasteiger charge is -2.39. The van der Waals surface area contributed by atoms with E-state index in [2.05, 4.69) is 20.8 Å². The first kappa shape index (κ1) is 8.06. The highest BCUT2D eigenvalue weighted by Gasteiger charge is 2.34. The first-order chi connectivity index (χ1) is 4.54. The van der Waals surface area contributed by atoms with E-state index in [-0.39, 0.29) is 6.10 Å². The Morgan fingerprint density at radius 3 is 2.40 bits per heavy atom. The van der Waals surface area contributed by atoms with Gasteiger partial charge in [0.15, 0.2) is 0 Å². The molecule has 1 saturated carbocycles. The smallest absolute Gasteiger partial charge is 0.0570 e. The maximum atomic E-state index is 9.51.